The number of hydrogen-bond donors (Lipinski definition) is 1. The lowest BCUT2D eigenvalue weighted by atomic mass is 9.91. The molecule has 0 unspecified atom stereocenters. The Hall–Kier alpha value is -1.64. The quantitative estimate of drug-likeness (QED) is 0.620. The van der Waals surface area contributed by atoms with Crippen LogP contribution in [0.1, 0.15) is 44.1 Å². The fraction of sp³-hybridized carbons (Fsp3) is 0.438. The average molecular weight is 259 g/mol. The van der Waals surface area contributed by atoms with E-state index in [2.05, 4.69) is 5.16 Å². The van der Waals surface area contributed by atoms with Gasteiger partial charge < -0.3 is 5.21 Å². The van der Waals surface area contributed by atoms with Gasteiger partial charge in [0.25, 0.3) is 0 Å². The number of halogens is 1. The molecule has 1 aromatic carbocycles. The van der Waals surface area contributed by atoms with Gasteiger partial charge in [-0.25, -0.2) is 4.39 Å². The molecule has 1 aromatic rings. The summed E-state index contributed by atoms with van der Waals surface area (Å²) in [7, 11) is 0. The maximum Gasteiger partial charge on any atom is 0.123 e. The predicted molar refractivity (Wildman–Crippen MR) is 73.7 cm³/mol. The number of nitrogens with zero attached hydrogens (tertiary/aromatic N) is 1. The molecule has 1 fully saturated rings. The largest absolute Gasteiger partial charge is 0.411 e. The molecule has 0 atom stereocenters. The van der Waals surface area contributed by atoms with Crippen molar-refractivity contribution in [3.63, 3.8) is 0 Å². The van der Waals surface area contributed by atoms with Crippen LogP contribution >= 0.6 is 0 Å². The van der Waals surface area contributed by atoms with Crippen molar-refractivity contribution < 1.29 is 9.60 Å². The molecule has 0 radical (unpaired) electrons. The molecule has 0 bridgehead atoms. The number of hydrogen-bond acceptors (Lipinski definition) is 2. The first-order chi connectivity index (χ1) is 9.29. The Kier molecular flexibility index (Phi) is 3.36. The Morgan fingerprint density at radius 3 is 2.37 bits per heavy atom. The van der Waals surface area contributed by atoms with Gasteiger partial charge in [0, 0.05) is 5.57 Å². The van der Waals surface area contributed by atoms with Crippen molar-refractivity contribution in [3.05, 3.63) is 41.2 Å². The van der Waals surface area contributed by atoms with E-state index >= 15 is 0 Å². The van der Waals surface area contributed by atoms with Crippen molar-refractivity contribution in [1.29, 1.82) is 0 Å². The normalized spacial score (nSPS) is 22.7. The van der Waals surface area contributed by atoms with Crippen LogP contribution in [-0.2, 0) is 0 Å². The van der Waals surface area contributed by atoms with Gasteiger partial charge in [-0.2, -0.15) is 0 Å². The van der Waals surface area contributed by atoms with Crippen molar-refractivity contribution in [2.45, 2.75) is 38.5 Å². The molecule has 0 aromatic heterocycles. The Bertz CT molecular complexity index is 524. The minimum absolute atomic E-state index is 0.229. The zero-order valence-corrected chi connectivity index (χ0v) is 10.9. The maximum atomic E-state index is 13.1. The summed E-state index contributed by atoms with van der Waals surface area (Å²) in [5.41, 5.74) is 4.22. The molecule has 3 heteroatoms. The third-order valence-electron chi connectivity index (χ3n) is 4.34. The molecule has 1 N–H and O–H groups in total. The Balaban J connectivity index is 2.04. The second-order valence-corrected chi connectivity index (χ2v) is 5.44. The molecule has 1 saturated carbocycles. The van der Waals surface area contributed by atoms with Crippen LogP contribution in [0.3, 0.4) is 0 Å². The third-order valence-corrected chi connectivity index (χ3v) is 4.34. The van der Waals surface area contributed by atoms with Crippen LogP contribution in [0.2, 0.25) is 0 Å². The topological polar surface area (TPSA) is 32.6 Å². The smallest absolute Gasteiger partial charge is 0.123 e. The summed E-state index contributed by atoms with van der Waals surface area (Å²) in [6, 6.07) is 6.52. The highest BCUT2D eigenvalue weighted by Crippen LogP contribution is 2.42. The summed E-state index contributed by atoms with van der Waals surface area (Å²) in [5, 5.41) is 12.6. The fourth-order valence-electron chi connectivity index (χ4n) is 3.44. The molecule has 0 spiro atoms. The minimum Gasteiger partial charge on any atom is -0.411 e. The highest BCUT2D eigenvalue weighted by molar-refractivity contribution is 6.26. The van der Waals surface area contributed by atoms with Crippen LogP contribution in [-0.4, -0.2) is 10.9 Å². The summed E-state index contributed by atoms with van der Waals surface area (Å²) >= 11 is 0. The van der Waals surface area contributed by atoms with Gasteiger partial charge in [-0.15, -0.1) is 0 Å². The minimum atomic E-state index is -0.229. The van der Waals surface area contributed by atoms with Gasteiger partial charge in [-0.05, 0) is 49.3 Å². The Morgan fingerprint density at radius 1 is 1.05 bits per heavy atom. The number of allylic oxidation sites excluding steroid dienone is 2. The fourth-order valence-corrected chi connectivity index (χ4v) is 3.44. The standard InChI is InChI=1S/C16H18FNO/c17-13-7-5-12(6-8-13)16-14(9-10-15(16)18-19)11-3-1-2-4-11/h5-8,11,19H,1-4,9-10H2/b18-15+. The molecule has 0 saturated heterocycles. The van der Waals surface area contributed by atoms with E-state index in [4.69, 9.17) is 0 Å². The molecule has 100 valence electrons. The zero-order chi connectivity index (χ0) is 13.2. The summed E-state index contributed by atoms with van der Waals surface area (Å²) in [6.07, 6.45) is 6.83. The molecule has 0 amide bonds. The van der Waals surface area contributed by atoms with E-state index in [0.717, 1.165) is 29.7 Å². The van der Waals surface area contributed by atoms with Crippen LogP contribution < -0.4 is 0 Å². The molecule has 2 aliphatic carbocycles. The molecule has 0 aliphatic heterocycles. The first-order valence-electron chi connectivity index (χ1n) is 7.00. The van der Waals surface area contributed by atoms with Gasteiger partial charge in [0.05, 0.1) is 5.71 Å². The Labute approximate surface area is 112 Å². The number of oxime groups is 1. The summed E-state index contributed by atoms with van der Waals surface area (Å²) in [4.78, 5) is 0. The third kappa shape index (κ3) is 2.29. The highest BCUT2D eigenvalue weighted by atomic mass is 19.1. The van der Waals surface area contributed by atoms with Crippen molar-refractivity contribution >= 4 is 11.3 Å². The van der Waals surface area contributed by atoms with Gasteiger partial charge in [0.15, 0.2) is 0 Å². The van der Waals surface area contributed by atoms with Crippen molar-refractivity contribution in [2.24, 2.45) is 11.1 Å². The van der Waals surface area contributed by atoms with E-state index in [0.29, 0.717) is 5.92 Å². The molecule has 3 rings (SSSR count). The predicted octanol–water partition coefficient (Wildman–Crippen LogP) is 4.39. The maximum absolute atomic E-state index is 13.1. The number of rotatable bonds is 2. The highest BCUT2D eigenvalue weighted by Gasteiger charge is 2.29. The van der Waals surface area contributed by atoms with E-state index in [1.54, 1.807) is 12.1 Å². The van der Waals surface area contributed by atoms with Gasteiger partial charge in [-0.3, -0.25) is 0 Å². The molecule has 2 nitrogen and oxygen atoms in total. The monoisotopic (exact) mass is 259 g/mol. The Morgan fingerprint density at radius 2 is 1.74 bits per heavy atom. The summed E-state index contributed by atoms with van der Waals surface area (Å²) < 4.78 is 13.1. The van der Waals surface area contributed by atoms with Gasteiger partial charge >= 0.3 is 0 Å². The van der Waals surface area contributed by atoms with E-state index in [9.17, 15) is 9.60 Å². The van der Waals surface area contributed by atoms with Crippen molar-refractivity contribution in [2.75, 3.05) is 0 Å². The molecular weight excluding hydrogens is 241 g/mol. The molecule has 0 heterocycles. The second kappa shape index (κ2) is 5.16. The van der Waals surface area contributed by atoms with Crippen LogP contribution in [0.15, 0.2) is 35.0 Å². The van der Waals surface area contributed by atoms with Crippen LogP contribution in [0.4, 0.5) is 4.39 Å². The van der Waals surface area contributed by atoms with E-state index in [1.807, 2.05) is 0 Å². The summed E-state index contributed by atoms with van der Waals surface area (Å²) in [6.45, 7) is 0. The van der Waals surface area contributed by atoms with Gasteiger partial charge in [0.1, 0.15) is 5.82 Å². The van der Waals surface area contributed by atoms with Crippen molar-refractivity contribution in [1.82, 2.24) is 0 Å². The van der Waals surface area contributed by atoms with Crippen LogP contribution in [0.5, 0.6) is 0 Å². The molecule has 19 heavy (non-hydrogen) atoms. The first kappa shape index (κ1) is 12.4. The van der Waals surface area contributed by atoms with Gasteiger partial charge in [-0.1, -0.05) is 35.7 Å². The lowest BCUT2D eigenvalue weighted by molar-refractivity contribution is 0.319. The lowest BCUT2D eigenvalue weighted by Crippen LogP contribution is -2.01. The van der Waals surface area contributed by atoms with E-state index in [1.165, 1.54) is 43.4 Å². The lowest BCUT2D eigenvalue weighted by Gasteiger charge is -2.14. The van der Waals surface area contributed by atoms with E-state index in [-0.39, 0.29) is 5.82 Å². The van der Waals surface area contributed by atoms with Crippen LogP contribution in [0, 0.1) is 11.7 Å². The SMILES string of the molecule is O/N=C1\CCC(C2CCCC2)=C1c1ccc(F)cc1. The van der Waals surface area contributed by atoms with Crippen molar-refractivity contribution in [3.8, 4) is 0 Å². The molecular formula is C16H18FNO. The average Bonchev–Trinajstić information content (AvgIpc) is 3.08. The first-order valence-corrected chi connectivity index (χ1v) is 7.00. The number of benzene rings is 1. The molecule has 2 aliphatic rings. The van der Waals surface area contributed by atoms with E-state index < -0.39 is 0 Å². The second-order valence-electron chi connectivity index (χ2n) is 5.44. The van der Waals surface area contributed by atoms with Gasteiger partial charge in [0.2, 0.25) is 0 Å². The zero-order valence-electron chi connectivity index (χ0n) is 10.9. The summed E-state index contributed by atoms with van der Waals surface area (Å²) in [5.74, 6) is 0.395. The van der Waals surface area contributed by atoms with Crippen LogP contribution in [0.25, 0.3) is 5.57 Å².